The van der Waals surface area contributed by atoms with Crippen LogP contribution in [0.2, 0.25) is 0 Å². The molecule has 0 fully saturated rings. The summed E-state index contributed by atoms with van der Waals surface area (Å²) in [5, 5.41) is 2.71. The number of anilines is 1. The second-order valence-electron chi connectivity index (χ2n) is 5.31. The molecule has 7 heteroatoms. The van der Waals surface area contributed by atoms with Crippen molar-refractivity contribution in [3.05, 3.63) is 81.8 Å². The van der Waals surface area contributed by atoms with Crippen LogP contribution in [0.25, 0.3) is 0 Å². The van der Waals surface area contributed by atoms with Gasteiger partial charge in [0.2, 0.25) is 0 Å². The molecule has 0 bridgehead atoms. The minimum Gasteiger partial charge on any atom is -0.459 e. The molecule has 3 rings (SSSR count). The van der Waals surface area contributed by atoms with Gasteiger partial charge in [0.1, 0.15) is 0 Å². The summed E-state index contributed by atoms with van der Waals surface area (Å²) in [5.41, 5.74) is 0.936. The lowest BCUT2D eigenvalue weighted by Gasteiger charge is -2.06. The van der Waals surface area contributed by atoms with Gasteiger partial charge in [-0.3, -0.25) is 4.79 Å². The van der Waals surface area contributed by atoms with Crippen LogP contribution in [0.1, 0.15) is 16.1 Å². The number of carbonyl (C=O) groups excluding carboxylic acids is 1. The van der Waals surface area contributed by atoms with E-state index in [1.807, 2.05) is 12.1 Å². The highest BCUT2D eigenvalue weighted by Crippen LogP contribution is 2.21. The van der Waals surface area contributed by atoms with E-state index < -0.39 is 15.7 Å². The topological polar surface area (TPSA) is 76.4 Å². The summed E-state index contributed by atoms with van der Waals surface area (Å²) in [6.45, 7) is 0. The van der Waals surface area contributed by atoms with Crippen molar-refractivity contribution in [1.29, 1.82) is 0 Å². The Labute approximate surface area is 159 Å². The standard InChI is InChI=1S/C18H14INO4S/c19-14-6-8-15(9-7-14)20-18(21)17-13(10-11-24-17)12-25(22,23)16-4-2-1-3-5-16/h1-11H,12H2,(H,20,21). The molecule has 5 nitrogen and oxygen atoms in total. The van der Waals surface area contributed by atoms with E-state index in [1.165, 1.54) is 24.5 Å². The third-order valence-electron chi connectivity index (χ3n) is 3.50. The molecule has 0 aliphatic rings. The Balaban J connectivity index is 1.80. The first-order chi connectivity index (χ1) is 12.0. The second kappa shape index (κ2) is 7.40. The molecule has 128 valence electrons. The van der Waals surface area contributed by atoms with Gasteiger partial charge in [-0.1, -0.05) is 18.2 Å². The Morgan fingerprint density at radius 2 is 1.68 bits per heavy atom. The fraction of sp³-hybridized carbons (Fsp3) is 0.0556. The maximum atomic E-state index is 12.5. The average molecular weight is 467 g/mol. The summed E-state index contributed by atoms with van der Waals surface area (Å²) >= 11 is 2.17. The molecule has 3 aromatic rings. The van der Waals surface area contributed by atoms with Crippen LogP contribution < -0.4 is 5.32 Å². The molecule has 2 aromatic carbocycles. The van der Waals surface area contributed by atoms with Crippen LogP contribution in [0.5, 0.6) is 0 Å². The van der Waals surface area contributed by atoms with Crippen molar-refractivity contribution >= 4 is 44.0 Å². The van der Waals surface area contributed by atoms with Crippen molar-refractivity contribution in [2.75, 3.05) is 5.32 Å². The predicted molar refractivity (Wildman–Crippen MR) is 103 cm³/mol. The zero-order valence-electron chi connectivity index (χ0n) is 13.0. The summed E-state index contributed by atoms with van der Waals surface area (Å²) in [4.78, 5) is 12.6. The number of sulfone groups is 1. The molecule has 0 spiro atoms. The minimum atomic E-state index is -3.56. The molecule has 1 N–H and O–H groups in total. The summed E-state index contributed by atoms with van der Waals surface area (Å²) in [6, 6.07) is 16.9. The largest absolute Gasteiger partial charge is 0.459 e. The molecule has 0 saturated carbocycles. The van der Waals surface area contributed by atoms with Crippen molar-refractivity contribution in [2.45, 2.75) is 10.6 Å². The van der Waals surface area contributed by atoms with E-state index in [4.69, 9.17) is 4.42 Å². The van der Waals surface area contributed by atoms with Gasteiger partial charge >= 0.3 is 0 Å². The van der Waals surface area contributed by atoms with E-state index in [0.717, 1.165) is 3.57 Å². The van der Waals surface area contributed by atoms with Gasteiger partial charge in [0, 0.05) is 14.8 Å². The molecule has 0 atom stereocenters. The number of furan rings is 1. The van der Waals surface area contributed by atoms with Crippen LogP contribution in [0.4, 0.5) is 5.69 Å². The van der Waals surface area contributed by atoms with E-state index in [1.54, 1.807) is 30.3 Å². The highest BCUT2D eigenvalue weighted by molar-refractivity contribution is 14.1. The highest BCUT2D eigenvalue weighted by atomic mass is 127. The molecule has 0 aliphatic carbocycles. The Morgan fingerprint density at radius 3 is 2.36 bits per heavy atom. The molecule has 0 unspecified atom stereocenters. The lowest BCUT2D eigenvalue weighted by atomic mass is 10.2. The van der Waals surface area contributed by atoms with Gasteiger partial charge in [-0.2, -0.15) is 0 Å². The van der Waals surface area contributed by atoms with Gasteiger partial charge in [0.05, 0.1) is 16.9 Å². The molecule has 0 saturated heterocycles. The first kappa shape index (κ1) is 17.7. The number of carbonyl (C=O) groups is 1. The molecule has 0 radical (unpaired) electrons. The van der Waals surface area contributed by atoms with Crippen molar-refractivity contribution < 1.29 is 17.6 Å². The zero-order valence-corrected chi connectivity index (χ0v) is 16.0. The van der Waals surface area contributed by atoms with Crippen molar-refractivity contribution in [3.63, 3.8) is 0 Å². The monoisotopic (exact) mass is 467 g/mol. The lowest BCUT2D eigenvalue weighted by molar-refractivity contribution is 0.0996. The third-order valence-corrected chi connectivity index (χ3v) is 5.90. The molecular weight excluding hydrogens is 453 g/mol. The average Bonchev–Trinajstić information content (AvgIpc) is 3.05. The SMILES string of the molecule is O=C(Nc1ccc(I)cc1)c1occc1CS(=O)(=O)c1ccccc1. The molecule has 25 heavy (non-hydrogen) atoms. The molecule has 1 aromatic heterocycles. The molecular formula is C18H14INO4S. The summed E-state index contributed by atoms with van der Waals surface area (Å²) in [7, 11) is -3.56. The van der Waals surface area contributed by atoms with Gasteiger partial charge in [-0.05, 0) is 65.1 Å². The van der Waals surface area contributed by atoms with Crippen LogP contribution in [-0.4, -0.2) is 14.3 Å². The summed E-state index contributed by atoms with van der Waals surface area (Å²) < 4.78 is 31.3. The summed E-state index contributed by atoms with van der Waals surface area (Å²) in [5.74, 6) is -0.786. The molecule has 0 aliphatic heterocycles. The number of rotatable bonds is 5. The number of hydrogen-bond acceptors (Lipinski definition) is 4. The zero-order chi connectivity index (χ0) is 17.9. The number of halogens is 1. The third kappa shape index (κ3) is 4.29. The first-order valence-electron chi connectivity index (χ1n) is 7.37. The van der Waals surface area contributed by atoms with Crippen LogP contribution in [0.3, 0.4) is 0 Å². The van der Waals surface area contributed by atoms with E-state index in [2.05, 4.69) is 27.9 Å². The fourth-order valence-corrected chi connectivity index (χ4v) is 4.02. The van der Waals surface area contributed by atoms with Gasteiger partial charge < -0.3 is 9.73 Å². The van der Waals surface area contributed by atoms with E-state index >= 15 is 0 Å². The fourth-order valence-electron chi connectivity index (χ4n) is 2.29. The predicted octanol–water partition coefficient (Wildman–Crippen LogP) is 4.11. The first-order valence-corrected chi connectivity index (χ1v) is 10.1. The smallest absolute Gasteiger partial charge is 0.291 e. The Morgan fingerprint density at radius 1 is 1.00 bits per heavy atom. The normalized spacial score (nSPS) is 11.2. The van der Waals surface area contributed by atoms with E-state index in [-0.39, 0.29) is 16.4 Å². The van der Waals surface area contributed by atoms with Crippen LogP contribution in [-0.2, 0) is 15.6 Å². The Kier molecular flexibility index (Phi) is 5.24. The number of nitrogens with one attached hydrogen (secondary N) is 1. The van der Waals surface area contributed by atoms with Crippen molar-refractivity contribution in [2.24, 2.45) is 0 Å². The highest BCUT2D eigenvalue weighted by Gasteiger charge is 2.22. The lowest BCUT2D eigenvalue weighted by Crippen LogP contribution is -2.14. The maximum absolute atomic E-state index is 12.5. The number of hydrogen-bond donors (Lipinski definition) is 1. The molecule has 1 amide bonds. The van der Waals surface area contributed by atoms with Crippen LogP contribution >= 0.6 is 22.6 Å². The van der Waals surface area contributed by atoms with Gasteiger partial charge in [0.25, 0.3) is 5.91 Å². The second-order valence-corrected chi connectivity index (χ2v) is 8.54. The summed E-state index contributed by atoms with van der Waals surface area (Å²) in [6.07, 6.45) is 1.32. The van der Waals surface area contributed by atoms with Crippen LogP contribution in [0.15, 0.2) is 76.2 Å². The Hall–Kier alpha value is -2.13. The van der Waals surface area contributed by atoms with Crippen molar-refractivity contribution in [3.8, 4) is 0 Å². The van der Waals surface area contributed by atoms with Gasteiger partial charge in [-0.15, -0.1) is 0 Å². The van der Waals surface area contributed by atoms with Gasteiger partial charge in [-0.25, -0.2) is 8.42 Å². The van der Waals surface area contributed by atoms with Crippen molar-refractivity contribution in [1.82, 2.24) is 0 Å². The van der Waals surface area contributed by atoms with Crippen LogP contribution in [0, 0.1) is 3.57 Å². The maximum Gasteiger partial charge on any atom is 0.291 e. The quantitative estimate of drug-likeness (QED) is 0.574. The molecule has 1 heterocycles. The van der Waals surface area contributed by atoms with E-state index in [9.17, 15) is 13.2 Å². The minimum absolute atomic E-state index is 0.00180. The van der Waals surface area contributed by atoms with Gasteiger partial charge in [0.15, 0.2) is 15.6 Å². The Bertz CT molecular complexity index is 979. The number of amides is 1. The number of benzene rings is 2. The van der Waals surface area contributed by atoms with E-state index in [0.29, 0.717) is 11.3 Å².